The normalized spacial score (nSPS) is 27.5. The van der Waals surface area contributed by atoms with E-state index in [9.17, 15) is 22.8 Å². The lowest BCUT2D eigenvalue weighted by Gasteiger charge is -2.45. The van der Waals surface area contributed by atoms with E-state index in [-0.39, 0.29) is 30.7 Å². The van der Waals surface area contributed by atoms with Crippen molar-refractivity contribution in [3.05, 3.63) is 52.0 Å². The molecule has 2 saturated heterocycles. The minimum Gasteiger partial charge on any atom is -0.386 e. The number of nitrogens with zero attached hydrogens (tertiary/aromatic N) is 2. The maximum atomic E-state index is 12.7. The fourth-order valence-corrected chi connectivity index (χ4v) is 6.19. The van der Waals surface area contributed by atoms with Crippen molar-refractivity contribution in [1.29, 1.82) is 0 Å². The van der Waals surface area contributed by atoms with Gasteiger partial charge in [-0.1, -0.05) is 24.3 Å². The lowest BCUT2D eigenvalue weighted by atomic mass is 9.79. The first-order valence-corrected chi connectivity index (χ1v) is 11.9. The van der Waals surface area contributed by atoms with E-state index in [0.717, 1.165) is 25.7 Å². The van der Waals surface area contributed by atoms with Gasteiger partial charge in [-0.05, 0) is 36.8 Å². The Morgan fingerprint density at radius 3 is 2.64 bits per heavy atom. The van der Waals surface area contributed by atoms with Gasteiger partial charge in [0.05, 0.1) is 29.3 Å². The second-order valence-corrected chi connectivity index (χ2v) is 9.74. The number of hydrogen-bond donors (Lipinski definition) is 0. The van der Waals surface area contributed by atoms with Gasteiger partial charge in [0.1, 0.15) is 0 Å². The van der Waals surface area contributed by atoms with Gasteiger partial charge in [0.2, 0.25) is 0 Å². The average Bonchev–Trinajstić information content (AvgIpc) is 3.46. The highest BCUT2D eigenvalue weighted by atomic mass is 32.1. The summed E-state index contributed by atoms with van der Waals surface area (Å²) < 4.78 is 48.5. The molecule has 0 saturated carbocycles. The molecule has 176 valence electrons. The predicted octanol–water partition coefficient (Wildman–Crippen LogP) is 3.99. The van der Waals surface area contributed by atoms with Crippen LogP contribution < -0.4 is 0 Å². The van der Waals surface area contributed by atoms with Crippen molar-refractivity contribution in [3.8, 4) is 0 Å². The monoisotopic (exact) mass is 480 g/mol. The summed E-state index contributed by atoms with van der Waals surface area (Å²) in [5.41, 5.74) is 4.25. The number of carbonyl (C=O) groups excluding carboxylic acids is 2. The van der Waals surface area contributed by atoms with E-state index in [1.54, 1.807) is 10.9 Å². The van der Waals surface area contributed by atoms with Crippen LogP contribution in [-0.4, -0.2) is 46.6 Å². The van der Waals surface area contributed by atoms with Gasteiger partial charge < -0.3 is 9.47 Å². The van der Waals surface area contributed by atoms with Crippen molar-refractivity contribution in [2.45, 2.75) is 62.6 Å². The number of ether oxygens (including phenoxy) is 2. The van der Waals surface area contributed by atoms with Gasteiger partial charge in [0, 0.05) is 30.4 Å². The highest BCUT2D eigenvalue weighted by molar-refractivity contribution is 7.07. The van der Waals surface area contributed by atoms with Crippen molar-refractivity contribution in [2.75, 3.05) is 6.54 Å². The molecule has 1 spiro atoms. The van der Waals surface area contributed by atoms with Gasteiger partial charge in [-0.2, -0.15) is 13.2 Å². The zero-order valence-electron chi connectivity index (χ0n) is 17.7. The number of thiazole rings is 1. The van der Waals surface area contributed by atoms with Gasteiger partial charge >= 0.3 is 18.1 Å². The molecule has 2 aromatic rings. The number of hydrogen-bond acceptors (Lipinski definition) is 7. The maximum Gasteiger partial charge on any atom is 0.491 e. The molecule has 10 heteroatoms. The molecule has 6 nitrogen and oxygen atoms in total. The van der Waals surface area contributed by atoms with Crippen molar-refractivity contribution in [2.24, 2.45) is 5.92 Å². The van der Waals surface area contributed by atoms with E-state index in [4.69, 9.17) is 4.74 Å². The smallest absolute Gasteiger partial charge is 0.386 e. The first-order valence-electron chi connectivity index (χ1n) is 10.9. The summed E-state index contributed by atoms with van der Waals surface area (Å²) >= 11 is 1.34. The molecule has 3 aliphatic heterocycles. The number of aromatic nitrogens is 1. The first-order chi connectivity index (χ1) is 15.7. The van der Waals surface area contributed by atoms with E-state index in [1.165, 1.54) is 22.5 Å². The second kappa shape index (κ2) is 8.48. The number of alkyl halides is 3. The lowest BCUT2D eigenvalue weighted by molar-refractivity contribution is -0.203. The molecular weight excluding hydrogens is 457 g/mol. The molecule has 0 N–H and O–H groups in total. The largest absolute Gasteiger partial charge is 0.491 e. The lowest BCUT2D eigenvalue weighted by Crippen LogP contribution is -2.52. The van der Waals surface area contributed by atoms with Crippen LogP contribution in [0.4, 0.5) is 13.2 Å². The Kier molecular flexibility index (Phi) is 5.78. The number of esters is 2. The molecule has 0 radical (unpaired) electrons. The van der Waals surface area contributed by atoms with Gasteiger partial charge in [-0.3, -0.25) is 9.69 Å². The van der Waals surface area contributed by atoms with Crippen molar-refractivity contribution in [3.63, 3.8) is 0 Å². The fourth-order valence-electron chi connectivity index (χ4n) is 5.62. The van der Waals surface area contributed by atoms with Crippen molar-refractivity contribution in [1.82, 2.24) is 9.88 Å². The van der Waals surface area contributed by atoms with Crippen LogP contribution in [0.2, 0.25) is 0 Å². The second-order valence-electron chi connectivity index (χ2n) is 9.02. The average molecular weight is 481 g/mol. The highest BCUT2D eigenvalue weighted by Gasteiger charge is 2.53. The molecule has 0 aliphatic carbocycles. The van der Waals surface area contributed by atoms with E-state index in [1.807, 2.05) is 12.1 Å². The van der Waals surface area contributed by atoms with Crippen LogP contribution in [0.15, 0.2) is 35.2 Å². The Morgan fingerprint density at radius 1 is 1.24 bits per heavy atom. The zero-order valence-corrected chi connectivity index (χ0v) is 18.5. The Labute approximate surface area is 192 Å². The molecule has 1 aromatic carbocycles. The number of benzene rings is 1. The summed E-state index contributed by atoms with van der Waals surface area (Å²) in [5.74, 6) is -4.56. The molecule has 3 atom stereocenters. The minimum absolute atomic E-state index is 0.119. The van der Waals surface area contributed by atoms with Crippen LogP contribution in [0.25, 0.3) is 0 Å². The Balaban J connectivity index is 1.33. The summed E-state index contributed by atoms with van der Waals surface area (Å²) in [6.07, 6.45) is -1.71. The first kappa shape index (κ1) is 22.5. The molecule has 2 fully saturated rings. The quantitative estimate of drug-likeness (QED) is 0.476. The topological polar surface area (TPSA) is 68.7 Å². The molecule has 1 aromatic heterocycles. The van der Waals surface area contributed by atoms with E-state index in [0.29, 0.717) is 12.3 Å². The van der Waals surface area contributed by atoms with Crippen LogP contribution in [0, 0.1) is 5.92 Å². The summed E-state index contributed by atoms with van der Waals surface area (Å²) in [5, 5.41) is 1.75. The number of rotatable bonds is 5. The number of fused-ring (bicyclic) bond motifs is 4. The summed E-state index contributed by atoms with van der Waals surface area (Å²) in [7, 11) is 0. The molecule has 2 bridgehead atoms. The van der Waals surface area contributed by atoms with Gasteiger partial charge in [0.25, 0.3) is 0 Å². The van der Waals surface area contributed by atoms with Crippen molar-refractivity contribution < 1.29 is 32.2 Å². The third-order valence-electron chi connectivity index (χ3n) is 7.04. The van der Waals surface area contributed by atoms with Crippen LogP contribution in [0.1, 0.15) is 42.5 Å². The summed E-state index contributed by atoms with van der Waals surface area (Å²) in [6, 6.07) is 8.49. The molecule has 4 heterocycles. The van der Waals surface area contributed by atoms with Crippen molar-refractivity contribution >= 4 is 23.3 Å². The van der Waals surface area contributed by atoms with Crippen LogP contribution >= 0.6 is 11.3 Å². The van der Waals surface area contributed by atoms with Gasteiger partial charge in [-0.15, -0.1) is 11.3 Å². The third kappa shape index (κ3) is 4.31. The van der Waals surface area contributed by atoms with E-state index >= 15 is 0 Å². The highest BCUT2D eigenvalue weighted by Crippen LogP contribution is 2.52. The van der Waals surface area contributed by atoms with Gasteiger partial charge in [-0.25, -0.2) is 9.78 Å². The molecule has 33 heavy (non-hydrogen) atoms. The predicted molar refractivity (Wildman–Crippen MR) is 112 cm³/mol. The van der Waals surface area contributed by atoms with E-state index < -0.39 is 24.0 Å². The number of carbonyl (C=O) groups is 2. The maximum absolute atomic E-state index is 12.7. The van der Waals surface area contributed by atoms with Crippen LogP contribution in [-0.2, 0) is 37.7 Å². The summed E-state index contributed by atoms with van der Waals surface area (Å²) in [6.45, 7) is 0.794. The molecule has 3 unspecified atom stereocenters. The molecule has 0 amide bonds. The third-order valence-corrected chi connectivity index (χ3v) is 7.68. The number of piperidine rings is 1. The Bertz CT molecular complexity index is 1030. The Hall–Kier alpha value is -2.30. The summed E-state index contributed by atoms with van der Waals surface area (Å²) in [4.78, 5) is 30.3. The number of halogens is 3. The Morgan fingerprint density at radius 2 is 1.97 bits per heavy atom. The fraction of sp³-hybridized carbons (Fsp3) is 0.522. The standard InChI is InChI=1S/C23H23F3N2O4S/c24-23(25,26)21(30)32-20(29)15(7-16-12-33-13-27-16)10-28-17-5-6-18(28)9-22(8-17)19-4-2-1-3-14(19)11-31-22/h1-4,12-13,15,17-18H,5-11H2. The van der Waals surface area contributed by atoms with Crippen LogP contribution in [0.5, 0.6) is 0 Å². The molecule has 3 aliphatic rings. The zero-order chi connectivity index (χ0) is 23.2. The van der Waals surface area contributed by atoms with Gasteiger partial charge in [0.15, 0.2) is 0 Å². The molecular formula is C23H23F3N2O4S. The minimum atomic E-state index is -5.22. The molecule has 5 rings (SSSR count). The van der Waals surface area contributed by atoms with Crippen LogP contribution in [0.3, 0.4) is 0 Å². The van der Waals surface area contributed by atoms with E-state index in [2.05, 4.69) is 26.8 Å². The SMILES string of the molecule is O=C(OC(=O)C(F)(F)F)C(Cc1cscn1)CN1C2CCC1CC1(C2)OCc2ccccc21.